The highest BCUT2D eigenvalue weighted by atomic mass is 16.2. The molecule has 0 aliphatic carbocycles. The van der Waals surface area contributed by atoms with Crippen LogP contribution in [0.1, 0.15) is 44.4 Å². The third kappa shape index (κ3) is 5.33. The summed E-state index contributed by atoms with van der Waals surface area (Å²) in [5, 5.41) is 2.90. The molecule has 5 nitrogen and oxygen atoms in total. The summed E-state index contributed by atoms with van der Waals surface area (Å²) in [4.78, 5) is 28.0. The maximum atomic E-state index is 12.4. The summed E-state index contributed by atoms with van der Waals surface area (Å²) in [6, 6.07) is 15.8. The number of nitrogens with one attached hydrogen (secondary N) is 1. The van der Waals surface area contributed by atoms with Crippen molar-refractivity contribution in [3.05, 3.63) is 59.7 Å². The number of rotatable bonds is 7. The highest BCUT2D eigenvalue weighted by Crippen LogP contribution is 2.28. The summed E-state index contributed by atoms with van der Waals surface area (Å²) < 4.78 is 0. The number of hydrogen-bond acceptors (Lipinski definition) is 3. The standard InChI is InChI=1S/C22H29N3O2/c1-6-22(27)23-20-12-13-21(24(4)5)19(14-20)15-25(17(3)26)16(2)18-10-8-7-9-11-18/h7-14,16H,6,15H2,1-5H3,(H,23,27)/t16-/m1/s1. The Balaban J connectivity index is 2.36. The first kappa shape index (κ1) is 20.5. The van der Waals surface area contributed by atoms with Gasteiger partial charge in [0.2, 0.25) is 11.8 Å². The number of hydrogen-bond donors (Lipinski definition) is 1. The lowest BCUT2D eigenvalue weighted by atomic mass is 10.0. The van der Waals surface area contributed by atoms with Crippen molar-refractivity contribution in [1.82, 2.24) is 4.90 Å². The van der Waals surface area contributed by atoms with Gasteiger partial charge in [-0.1, -0.05) is 37.3 Å². The first-order valence-electron chi connectivity index (χ1n) is 9.25. The van der Waals surface area contributed by atoms with Crippen molar-refractivity contribution in [2.45, 2.75) is 39.8 Å². The van der Waals surface area contributed by atoms with E-state index in [1.165, 1.54) is 0 Å². The van der Waals surface area contributed by atoms with Gasteiger partial charge in [0.15, 0.2) is 0 Å². The molecule has 27 heavy (non-hydrogen) atoms. The summed E-state index contributed by atoms with van der Waals surface area (Å²) in [6.07, 6.45) is 0.426. The molecule has 0 fully saturated rings. The highest BCUT2D eigenvalue weighted by Gasteiger charge is 2.20. The van der Waals surface area contributed by atoms with E-state index in [0.29, 0.717) is 13.0 Å². The zero-order valence-electron chi connectivity index (χ0n) is 16.8. The van der Waals surface area contributed by atoms with Crippen LogP contribution in [0.4, 0.5) is 11.4 Å². The van der Waals surface area contributed by atoms with E-state index in [1.807, 2.05) is 86.3 Å². The third-order valence-corrected chi connectivity index (χ3v) is 4.66. The molecular weight excluding hydrogens is 338 g/mol. The topological polar surface area (TPSA) is 52.7 Å². The third-order valence-electron chi connectivity index (χ3n) is 4.66. The predicted molar refractivity (Wildman–Crippen MR) is 111 cm³/mol. The van der Waals surface area contributed by atoms with Crippen molar-refractivity contribution in [3.8, 4) is 0 Å². The van der Waals surface area contributed by atoms with Gasteiger partial charge >= 0.3 is 0 Å². The normalized spacial score (nSPS) is 11.6. The molecule has 1 atom stereocenters. The minimum absolute atomic E-state index is 0.0130. The quantitative estimate of drug-likeness (QED) is 0.797. The number of amides is 2. The molecule has 0 saturated carbocycles. The molecule has 0 heterocycles. The van der Waals surface area contributed by atoms with Crippen LogP contribution in [-0.4, -0.2) is 30.8 Å². The lowest BCUT2D eigenvalue weighted by Crippen LogP contribution is -2.31. The zero-order chi connectivity index (χ0) is 20.0. The van der Waals surface area contributed by atoms with Gasteiger partial charge in [-0.2, -0.15) is 0 Å². The first-order valence-corrected chi connectivity index (χ1v) is 9.25. The van der Waals surface area contributed by atoms with Gasteiger partial charge in [-0.3, -0.25) is 9.59 Å². The minimum atomic E-state index is -0.0485. The molecule has 144 valence electrons. The Morgan fingerprint density at radius 1 is 1.07 bits per heavy atom. The van der Waals surface area contributed by atoms with Crippen LogP contribution in [0.25, 0.3) is 0 Å². The summed E-state index contributed by atoms with van der Waals surface area (Å²) in [7, 11) is 3.95. The average molecular weight is 367 g/mol. The Morgan fingerprint density at radius 2 is 1.74 bits per heavy atom. The molecule has 0 aliphatic rings. The van der Waals surface area contributed by atoms with Gasteiger partial charge in [-0.25, -0.2) is 0 Å². The largest absolute Gasteiger partial charge is 0.377 e. The van der Waals surface area contributed by atoms with Crippen molar-refractivity contribution in [3.63, 3.8) is 0 Å². The lowest BCUT2D eigenvalue weighted by Gasteiger charge is -2.30. The second-order valence-corrected chi connectivity index (χ2v) is 6.87. The van der Waals surface area contributed by atoms with E-state index in [-0.39, 0.29) is 17.9 Å². The first-order chi connectivity index (χ1) is 12.8. The smallest absolute Gasteiger partial charge is 0.224 e. The van der Waals surface area contributed by atoms with Crippen LogP contribution in [-0.2, 0) is 16.1 Å². The van der Waals surface area contributed by atoms with Gasteiger partial charge in [0, 0.05) is 45.4 Å². The van der Waals surface area contributed by atoms with E-state index in [9.17, 15) is 9.59 Å². The van der Waals surface area contributed by atoms with Gasteiger partial charge in [0.05, 0.1) is 6.04 Å². The molecule has 0 saturated heterocycles. The second kappa shape index (κ2) is 9.21. The molecular formula is C22H29N3O2. The Kier molecular flexibility index (Phi) is 6.99. The second-order valence-electron chi connectivity index (χ2n) is 6.87. The van der Waals surface area contributed by atoms with Crippen LogP contribution in [0, 0.1) is 0 Å². The summed E-state index contributed by atoms with van der Waals surface area (Å²) in [6.45, 7) is 5.92. The van der Waals surface area contributed by atoms with Crippen molar-refractivity contribution in [1.29, 1.82) is 0 Å². The maximum absolute atomic E-state index is 12.4. The Hall–Kier alpha value is -2.82. The van der Waals surface area contributed by atoms with E-state index < -0.39 is 0 Å². The molecule has 0 spiro atoms. The number of nitrogens with zero attached hydrogens (tertiary/aromatic N) is 2. The molecule has 0 aromatic heterocycles. The summed E-state index contributed by atoms with van der Waals surface area (Å²) in [5.74, 6) is -0.0151. The fourth-order valence-corrected chi connectivity index (χ4v) is 3.09. The fraction of sp³-hybridized carbons (Fsp3) is 0.364. The SMILES string of the molecule is CCC(=O)Nc1ccc(N(C)C)c(CN(C(C)=O)[C@H](C)c2ccccc2)c1. The van der Waals surface area contributed by atoms with Crippen LogP contribution in [0.2, 0.25) is 0 Å². The van der Waals surface area contributed by atoms with E-state index in [2.05, 4.69) is 5.32 Å². The monoisotopic (exact) mass is 367 g/mol. The number of anilines is 2. The number of carbonyl (C=O) groups excluding carboxylic acids is 2. The maximum Gasteiger partial charge on any atom is 0.224 e. The molecule has 0 bridgehead atoms. The summed E-state index contributed by atoms with van der Waals surface area (Å²) in [5.41, 5.74) is 3.86. The van der Waals surface area contributed by atoms with Crippen molar-refractivity contribution in [2.75, 3.05) is 24.3 Å². The van der Waals surface area contributed by atoms with Gasteiger partial charge in [0.1, 0.15) is 0 Å². The number of carbonyl (C=O) groups is 2. The Bertz CT molecular complexity index is 787. The van der Waals surface area contributed by atoms with Gasteiger partial charge < -0.3 is 15.1 Å². The van der Waals surface area contributed by atoms with E-state index in [0.717, 1.165) is 22.5 Å². The fourth-order valence-electron chi connectivity index (χ4n) is 3.09. The molecule has 0 aliphatic heterocycles. The minimum Gasteiger partial charge on any atom is -0.377 e. The van der Waals surface area contributed by atoms with Crippen LogP contribution in [0.3, 0.4) is 0 Å². The molecule has 2 amide bonds. The van der Waals surface area contributed by atoms with Crippen LogP contribution >= 0.6 is 0 Å². The molecule has 1 N–H and O–H groups in total. The molecule has 2 rings (SSSR count). The molecule has 2 aromatic carbocycles. The Morgan fingerprint density at radius 3 is 2.30 bits per heavy atom. The molecule has 2 aromatic rings. The van der Waals surface area contributed by atoms with Crippen LogP contribution in [0.15, 0.2) is 48.5 Å². The highest BCUT2D eigenvalue weighted by molar-refractivity contribution is 5.90. The molecule has 0 radical (unpaired) electrons. The van der Waals surface area contributed by atoms with Gasteiger partial charge in [0.25, 0.3) is 0 Å². The van der Waals surface area contributed by atoms with Crippen LogP contribution < -0.4 is 10.2 Å². The van der Waals surface area contributed by atoms with Gasteiger partial charge in [-0.05, 0) is 36.2 Å². The van der Waals surface area contributed by atoms with Crippen molar-refractivity contribution >= 4 is 23.2 Å². The van der Waals surface area contributed by atoms with E-state index >= 15 is 0 Å². The van der Waals surface area contributed by atoms with Gasteiger partial charge in [-0.15, -0.1) is 0 Å². The van der Waals surface area contributed by atoms with E-state index in [1.54, 1.807) is 6.92 Å². The lowest BCUT2D eigenvalue weighted by molar-refractivity contribution is -0.131. The molecule has 5 heteroatoms. The van der Waals surface area contributed by atoms with Crippen LogP contribution in [0.5, 0.6) is 0 Å². The molecule has 0 unspecified atom stereocenters. The predicted octanol–water partition coefficient (Wildman–Crippen LogP) is 4.21. The Labute approximate surface area is 162 Å². The van der Waals surface area contributed by atoms with E-state index in [4.69, 9.17) is 0 Å². The summed E-state index contributed by atoms with van der Waals surface area (Å²) >= 11 is 0. The average Bonchev–Trinajstić information content (AvgIpc) is 2.65. The number of benzene rings is 2. The zero-order valence-corrected chi connectivity index (χ0v) is 16.8. The van der Waals surface area contributed by atoms with Crippen molar-refractivity contribution in [2.24, 2.45) is 0 Å². The van der Waals surface area contributed by atoms with Crippen molar-refractivity contribution < 1.29 is 9.59 Å².